The Bertz CT molecular complexity index is 1050. The highest BCUT2D eigenvalue weighted by Gasteiger charge is 2.12. The first kappa shape index (κ1) is 21.1. The predicted molar refractivity (Wildman–Crippen MR) is 106 cm³/mol. The van der Waals surface area contributed by atoms with Gasteiger partial charge in [0.15, 0.2) is 0 Å². The highest BCUT2D eigenvalue weighted by atomic mass is 19.3. The lowest BCUT2D eigenvalue weighted by molar-refractivity contribution is -0.121. The number of carbonyl (C=O) groups excluding carboxylic acids is 1. The predicted octanol–water partition coefficient (Wildman–Crippen LogP) is 2.99. The zero-order valence-electron chi connectivity index (χ0n) is 16.2. The van der Waals surface area contributed by atoms with E-state index in [-0.39, 0.29) is 36.6 Å². The second-order valence-electron chi connectivity index (χ2n) is 6.51. The number of aryl methyl sites for hydroxylation is 1. The zero-order chi connectivity index (χ0) is 21.5. The van der Waals surface area contributed by atoms with Crippen LogP contribution >= 0.6 is 0 Å². The molecule has 1 amide bonds. The molecule has 2 heterocycles. The Labute approximate surface area is 171 Å². The van der Waals surface area contributed by atoms with Crippen LogP contribution in [0.3, 0.4) is 0 Å². The first-order valence-corrected chi connectivity index (χ1v) is 9.23. The summed E-state index contributed by atoms with van der Waals surface area (Å²) in [5.41, 5.74) is 2.22. The Balaban J connectivity index is 1.55. The summed E-state index contributed by atoms with van der Waals surface area (Å²) in [6, 6.07) is 9.50. The number of alkyl halides is 2. The number of carbonyl (C=O) groups is 1. The molecule has 156 valence electrons. The summed E-state index contributed by atoms with van der Waals surface area (Å²) in [7, 11) is 0. The molecule has 0 radical (unpaired) electrons. The van der Waals surface area contributed by atoms with Gasteiger partial charge in [0.25, 0.3) is 5.56 Å². The van der Waals surface area contributed by atoms with E-state index in [9.17, 15) is 18.4 Å². The topological polar surface area (TPSA) is 97.0 Å². The highest BCUT2D eigenvalue weighted by Crippen LogP contribution is 2.15. The summed E-state index contributed by atoms with van der Waals surface area (Å²) in [4.78, 5) is 35.7. The fourth-order valence-corrected chi connectivity index (χ4v) is 2.87. The third-order valence-electron chi connectivity index (χ3n) is 4.42. The van der Waals surface area contributed by atoms with Gasteiger partial charge >= 0.3 is 6.61 Å². The van der Waals surface area contributed by atoms with Crippen LogP contribution in [-0.4, -0.2) is 27.5 Å². The molecule has 3 rings (SSSR count). The van der Waals surface area contributed by atoms with Gasteiger partial charge in [0, 0.05) is 42.2 Å². The van der Waals surface area contributed by atoms with Gasteiger partial charge in [0.1, 0.15) is 11.6 Å². The van der Waals surface area contributed by atoms with Crippen molar-refractivity contribution in [2.24, 2.45) is 0 Å². The minimum atomic E-state index is -2.88. The summed E-state index contributed by atoms with van der Waals surface area (Å²) in [5, 5.41) is 2.74. The van der Waals surface area contributed by atoms with Crippen molar-refractivity contribution in [3.8, 4) is 17.1 Å². The molecule has 30 heavy (non-hydrogen) atoms. The SMILES string of the molecule is Cc1nc(-c2ccncc2)[nH]c(=O)c1CCC(=O)NCc1ccc(OC(F)F)cc1. The van der Waals surface area contributed by atoms with E-state index in [0.717, 1.165) is 11.1 Å². The third kappa shape index (κ3) is 5.69. The molecule has 2 N–H and O–H groups in total. The molecule has 0 aliphatic carbocycles. The van der Waals surface area contributed by atoms with E-state index in [2.05, 4.69) is 25.0 Å². The molecule has 0 saturated carbocycles. The van der Waals surface area contributed by atoms with Crippen molar-refractivity contribution in [2.45, 2.75) is 32.9 Å². The summed E-state index contributed by atoms with van der Waals surface area (Å²) in [5.74, 6) is 0.268. The third-order valence-corrected chi connectivity index (χ3v) is 4.42. The number of H-pyrrole nitrogens is 1. The molecule has 0 fully saturated rings. The molecule has 7 nitrogen and oxygen atoms in total. The van der Waals surface area contributed by atoms with Crippen LogP contribution in [0.2, 0.25) is 0 Å². The number of pyridine rings is 1. The molecule has 0 atom stereocenters. The summed E-state index contributed by atoms with van der Waals surface area (Å²) < 4.78 is 28.6. The maximum atomic E-state index is 12.4. The number of nitrogens with zero attached hydrogens (tertiary/aromatic N) is 2. The Hall–Kier alpha value is -3.62. The fraction of sp³-hybridized carbons (Fsp3) is 0.238. The van der Waals surface area contributed by atoms with E-state index >= 15 is 0 Å². The number of amides is 1. The van der Waals surface area contributed by atoms with Crippen molar-refractivity contribution < 1.29 is 18.3 Å². The first-order chi connectivity index (χ1) is 14.4. The molecule has 0 spiro atoms. The number of aromatic nitrogens is 3. The molecule has 0 aliphatic heterocycles. The van der Waals surface area contributed by atoms with Gasteiger partial charge in [-0.3, -0.25) is 14.6 Å². The number of nitrogens with one attached hydrogen (secondary N) is 2. The number of halogens is 2. The van der Waals surface area contributed by atoms with Crippen molar-refractivity contribution in [1.82, 2.24) is 20.3 Å². The largest absolute Gasteiger partial charge is 0.435 e. The molecule has 0 saturated heterocycles. The van der Waals surface area contributed by atoms with Crippen LogP contribution in [0.25, 0.3) is 11.4 Å². The van der Waals surface area contributed by atoms with E-state index < -0.39 is 6.61 Å². The van der Waals surface area contributed by atoms with Crippen LogP contribution < -0.4 is 15.6 Å². The molecule has 0 aliphatic rings. The summed E-state index contributed by atoms with van der Waals surface area (Å²) in [6.45, 7) is -0.908. The van der Waals surface area contributed by atoms with Crippen LogP contribution in [0.1, 0.15) is 23.2 Å². The first-order valence-electron chi connectivity index (χ1n) is 9.23. The summed E-state index contributed by atoms with van der Waals surface area (Å²) in [6.07, 6.45) is 3.59. The Morgan fingerprint density at radius 2 is 1.87 bits per heavy atom. The molecule has 3 aromatic rings. The molecule has 2 aromatic heterocycles. The standard InChI is InChI=1S/C21H20F2N4O3/c1-13-17(20(29)27-19(26-13)15-8-10-24-11-9-15)6-7-18(28)25-12-14-2-4-16(5-3-14)30-21(22)23/h2-5,8-11,21H,6-7,12H2,1H3,(H,25,28)(H,26,27,29). The number of aromatic amines is 1. The van der Waals surface area contributed by atoms with Gasteiger partial charge in [-0.1, -0.05) is 12.1 Å². The second kappa shape index (κ2) is 9.73. The normalized spacial score (nSPS) is 10.8. The molecule has 0 bridgehead atoms. The molecular weight excluding hydrogens is 394 g/mol. The number of hydrogen-bond donors (Lipinski definition) is 2. The average Bonchev–Trinajstić information content (AvgIpc) is 2.73. The van der Waals surface area contributed by atoms with Gasteiger partial charge in [-0.05, 0) is 43.2 Å². The van der Waals surface area contributed by atoms with Gasteiger partial charge in [0.05, 0.1) is 0 Å². The van der Waals surface area contributed by atoms with Crippen LogP contribution in [-0.2, 0) is 17.8 Å². The lowest BCUT2D eigenvalue weighted by Crippen LogP contribution is -2.25. The van der Waals surface area contributed by atoms with Crippen molar-refractivity contribution in [2.75, 3.05) is 0 Å². The van der Waals surface area contributed by atoms with E-state index in [0.29, 0.717) is 17.1 Å². The number of ether oxygens (including phenoxy) is 1. The summed E-state index contributed by atoms with van der Waals surface area (Å²) >= 11 is 0. The lowest BCUT2D eigenvalue weighted by Gasteiger charge is -2.09. The molecule has 9 heteroatoms. The monoisotopic (exact) mass is 414 g/mol. The van der Waals surface area contributed by atoms with Crippen molar-refractivity contribution in [3.05, 3.63) is 76.0 Å². The fourth-order valence-electron chi connectivity index (χ4n) is 2.87. The van der Waals surface area contributed by atoms with Crippen molar-refractivity contribution in [1.29, 1.82) is 0 Å². The maximum absolute atomic E-state index is 12.4. The van der Waals surface area contributed by atoms with Gasteiger partial charge in [-0.15, -0.1) is 0 Å². The van der Waals surface area contributed by atoms with Crippen LogP contribution in [0, 0.1) is 6.92 Å². The van der Waals surface area contributed by atoms with Gasteiger partial charge in [0.2, 0.25) is 5.91 Å². The Morgan fingerprint density at radius 1 is 1.17 bits per heavy atom. The molecule has 0 unspecified atom stereocenters. The average molecular weight is 414 g/mol. The van der Waals surface area contributed by atoms with Gasteiger partial charge < -0.3 is 15.0 Å². The van der Waals surface area contributed by atoms with E-state index in [4.69, 9.17) is 0 Å². The van der Waals surface area contributed by atoms with E-state index in [1.165, 1.54) is 12.1 Å². The molecular formula is C21H20F2N4O3. The lowest BCUT2D eigenvalue weighted by atomic mass is 10.1. The molecule has 1 aromatic carbocycles. The smallest absolute Gasteiger partial charge is 0.387 e. The second-order valence-corrected chi connectivity index (χ2v) is 6.51. The van der Waals surface area contributed by atoms with Crippen LogP contribution in [0.5, 0.6) is 5.75 Å². The van der Waals surface area contributed by atoms with Crippen molar-refractivity contribution in [3.63, 3.8) is 0 Å². The minimum absolute atomic E-state index is 0.0532. The van der Waals surface area contributed by atoms with Crippen LogP contribution in [0.4, 0.5) is 8.78 Å². The number of hydrogen-bond acceptors (Lipinski definition) is 5. The highest BCUT2D eigenvalue weighted by molar-refractivity contribution is 5.76. The zero-order valence-corrected chi connectivity index (χ0v) is 16.2. The number of rotatable bonds is 8. The van der Waals surface area contributed by atoms with E-state index in [1.807, 2.05) is 0 Å². The quantitative estimate of drug-likeness (QED) is 0.591. The van der Waals surface area contributed by atoms with Gasteiger partial charge in [-0.2, -0.15) is 8.78 Å². The Kier molecular flexibility index (Phi) is 6.84. The van der Waals surface area contributed by atoms with Crippen molar-refractivity contribution >= 4 is 5.91 Å². The Morgan fingerprint density at radius 3 is 2.50 bits per heavy atom. The van der Waals surface area contributed by atoms with E-state index in [1.54, 1.807) is 43.6 Å². The van der Waals surface area contributed by atoms with Crippen LogP contribution in [0.15, 0.2) is 53.6 Å². The van der Waals surface area contributed by atoms with Gasteiger partial charge in [-0.25, -0.2) is 4.98 Å². The number of benzene rings is 1. The minimum Gasteiger partial charge on any atom is -0.435 e. The maximum Gasteiger partial charge on any atom is 0.387 e.